The molecule has 0 aliphatic rings. The minimum Gasteiger partial charge on any atom is -0.350 e. The molecule has 1 N–H and O–H groups in total. The smallest absolute Gasteiger partial charge is 0.242 e. The van der Waals surface area contributed by atoms with Crippen LogP contribution in [0.5, 0.6) is 0 Å². The second-order valence-corrected chi connectivity index (χ2v) is 3.41. The van der Waals surface area contributed by atoms with Gasteiger partial charge in [0.15, 0.2) is 0 Å². The lowest BCUT2D eigenvalue weighted by Crippen LogP contribution is -2.27. The molecule has 2 rings (SSSR count). The molecule has 88 valence electrons. The van der Waals surface area contributed by atoms with Gasteiger partial charge in [-0.1, -0.05) is 12.1 Å². The summed E-state index contributed by atoms with van der Waals surface area (Å²) in [5, 5.41) is 13.1. The Bertz CT molecular complexity index is 482. The second-order valence-electron chi connectivity index (χ2n) is 3.41. The number of hydrogen-bond acceptors (Lipinski definition) is 4. The molecule has 2 aromatic rings. The van der Waals surface area contributed by atoms with Crippen LogP contribution in [-0.2, 0) is 17.9 Å². The van der Waals surface area contributed by atoms with Crippen LogP contribution in [0.3, 0.4) is 0 Å². The van der Waals surface area contributed by atoms with Crippen molar-refractivity contribution in [2.45, 2.75) is 13.1 Å². The van der Waals surface area contributed by atoms with Gasteiger partial charge in [0.1, 0.15) is 18.7 Å². The van der Waals surface area contributed by atoms with Crippen molar-refractivity contribution < 1.29 is 9.18 Å². The zero-order valence-electron chi connectivity index (χ0n) is 8.88. The van der Waals surface area contributed by atoms with Crippen LogP contribution in [0.15, 0.2) is 30.6 Å². The third kappa shape index (κ3) is 3.33. The second kappa shape index (κ2) is 5.15. The number of halogens is 1. The molecule has 6 nitrogen and oxygen atoms in total. The highest BCUT2D eigenvalue weighted by molar-refractivity contribution is 5.75. The third-order valence-electron chi connectivity index (χ3n) is 2.10. The van der Waals surface area contributed by atoms with E-state index in [2.05, 4.69) is 20.8 Å². The number of carbonyl (C=O) groups is 1. The number of nitrogens with one attached hydrogen (secondary N) is 1. The maximum absolute atomic E-state index is 12.6. The molecular weight excluding hydrogens is 225 g/mol. The summed E-state index contributed by atoms with van der Waals surface area (Å²) in [4.78, 5) is 11.4. The van der Waals surface area contributed by atoms with E-state index in [-0.39, 0.29) is 18.3 Å². The number of nitrogens with zero attached hydrogens (tertiary/aromatic N) is 4. The van der Waals surface area contributed by atoms with E-state index in [1.807, 2.05) is 0 Å². The topological polar surface area (TPSA) is 72.7 Å². The van der Waals surface area contributed by atoms with Crippen LogP contribution in [0.2, 0.25) is 0 Å². The first-order chi connectivity index (χ1) is 8.24. The van der Waals surface area contributed by atoms with Crippen molar-refractivity contribution in [3.63, 3.8) is 0 Å². The van der Waals surface area contributed by atoms with E-state index in [0.29, 0.717) is 6.54 Å². The highest BCUT2D eigenvalue weighted by Gasteiger charge is 2.03. The summed E-state index contributed by atoms with van der Waals surface area (Å²) in [6, 6.07) is 5.94. The van der Waals surface area contributed by atoms with Gasteiger partial charge < -0.3 is 5.32 Å². The summed E-state index contributed by atoms with van der Waals surface area (Å²) in [6.07, 6.45) is 1.36. The summed E-state index contributed by atoms with van der Waals surface area (Å²) < 4.78 is 13.9. The quantitative estimate of drug-likeness (QED) is 0.817. The lowest BCUT2D eigenvalue weighted by Gasteiger charge is -2.04. The fraction of sp³-hybridized carbons (Fsp3) is 0.200. The van der Waals surface area contributed by atoms with Crippen LogP contribution in [0.1, 0.15) is 5.56 Å². The molecule has 7 heteroatoms. The maximum Gasteiger partial charge on any atom is 0.242 e. The number of benzene rings is 1. The van der Waals surface area contributed by atoms with E-state index in [1.54, 1.807) is 12.1 Å². The van der Waals surface area contributed by atoms with Gasteiger partial charge in [0.2, 0.25) is 5.91 Å². The number of aromatic nitrogens is 4. The van der Waals surface area contributed by atoms with Crippen molar-refractivity contribution >= 4 is 5.91 Å². The van der Waals surface area contributed by atoms with E-state index in [9.17, 15) is 9.18 Å². The maximum atomic E-state index is 12.6. The summed E-state index contributed by atoms with van der Waals surface area (Å²) in [5.74, 6) is -0.504. The standard InChI is InChI=1S/C10H10FN5O/c11-9-3-1-8(2-4-9)5-12-10(17)6-16-7-13-14-15-16/h1-4,7H,5-6H2,(H,12,17). The Hall–Kier alpha value is -2.31. The van der Waals surface area contributed by atoms with Gasteiger partial charge in [0.05, 0.1) is 0 Å². The van der Waals surface area contributed by atoms with Gasteiger partial charge in [-0.25, -0.2) is 9.07 Å². The first kappa shape index (κ1) is 11.2. The molecule has 0 radical (unpaired) electrons. The molecule has 0 aliphatic heterocycles. The molecule has 1 amide bonds. The minimum atomic E-state index is -0.297. The fourth-order valence-electron chi connectivity index (χ4n) is 1.26. The van der Waals surface area contributed by atoms with E-state index < -0.39 is 0 Å². The van der Waals surface area contributed by atoms with E-state index >= 15 is 0 Å². The monoisotopic (exact) mass is 235 g/mol. The molecule has 0 saturated carbocycles. The van der Waals surface area contributed by atoms with Crippen molar-refractivity contribution in [2.24, 2.45) is 0 Å². The van der Waals surface area contributed by atoms with Crippen LogP contribution in [0.4, 0.5) is 4.39 Å². The molecule has 0 bridgehead atoms. The molecule has 1 aromatic heterocycles. The van der Waals surface area contributed by atoms with Crippen LogP contribution < -0.4 is 5.32 Å². The van der Waals surface area contributed by atoms with Crippen molar-refractivity contribution in [1.82, 2.24) is 25.5 Å². The summed E-state index contributed by atoms with van der Waals surface area (Å²) in [7, 11) is 0. The Morgan fingerprint density at radius 3 is 2.76 bits per heavy atom. The molecule has 0 atom stereocenters. The third-order valence-corrected chi connectivity index (χ3v) is 2.10. The van der Waals surface area contributed by atoms with Gasteiger partial charge in [-0.2, -0.15) is 0 Å². The Kier molecular flexibility index (Phi) is 3.39. The predicted molar refractivity (Wildman–Crippen MR) is 56.1 cm³/mol. The zero-order chi connectivity index (χ0) is 12.1. The van der Waals surface area contributed by atoms with Crippen LogP contribution in [0, 0.1) is 5.82 Å². The van der Waals surface area contributed by atoms with E-state index in [1.165, 1.54) is 23.1 Å². The Balaban J connectivity index is 1.82. The number of hydrogen-bond donors (Lipinski definition) is 1. The molecule has 0 fully saturated rings. The molecule has 0 spiro atoms. The van der Waals surface area contributed by atoms with Gasteiger partial charge in [0, 0.05) is 6.54 Å². The SMILES string of the molecule is O=C(Cn1cnnn1)NCc1ccc(F)cc1. The molecule has 1 heterocycles. The highest BCUT2D eigenvalue weighted by Crippen LogP contribution is 2.01. The Labute approximate surface area is 96.4 Å². The first-order valence-electron chi connectivity index (χ1n) is 4.96. The van der Waals surface area contributed by atoms with E-state index in [4.69, 9.17) is 0 Å². The molecule has 0 aliphatic carbocycles. The van der Waals surface area contributed by atoms with Crippen molar-refractivity contribution in [3.8, 4) is 0 Å². The Morgan fingerprint density at radius 2 is 2.12 bits per heavy atom. The number of tetrazole rings is 1. The summed E-state index contributed by atoms with van der Waals surface area (Å²) in [6.45, 7) is 0.412. The average Bonchev–Trinajstić information content (AvgIpc) is 2.81. The van der Waals surface area contributed by atoms with Crippen molar-refractivity contribution in [2.75, 3.05) is 0 Å². The van der Waals surface area contributed by atoms with Gasteiger partial charge in [-0.15, -0.1) is 5.10 Å². The van der Waals surface area contributed by atoms with Crippen molar-refractivity contribution in [3.05, 3.63) is 42.0 Å². The van der Waals surface area contributed by atoms with E-state index in [0.717, 1.165) is 5.56 Å². The Morgan fingerprint density at radius 1 is 1.35 bits per heavy atom. The molecule has 1 aromatic carbocycles. The normalized spacial score (nSPS) is 10.2. The van der Waals surface area contributed by atoms with Gasteiger partial charge in [-0.05, 0) is 28.1 Å². The van der Waals surface area contributed by atoms with Crippen molar-refractivity contribution in [1.29, 1.82) is 0 Å². The van der Waals surface area contributed by atoms with Crippen LogP contribution in [0.25, 0.3) is 0 Å². The largest absolute Gasteiger partial charge is 0.350 e. The van der Waals surface area contributed by atoms with Gasteiger partial charge in [0.25, 0.3) is 0 Å². The lowest BCUT2D eigenvalue weighted by atomic mass is 10.2. The van der Waals surface area contributed by atoms with Gasteiger partial charge >= 0.3 is 0 Å². The number of carbonyl (C=O) groups excluding carboxylic acids is 1. The molecule has 0 saturated heterocycles. The zero-order valence-corrected chi connectivity index (χ0v) is 8.88. The average molecular weight is 235 g/mol. The predicted octanol–water partition coefficient (Wildman–Crippen LogP) is 0.129. The van der Waals surface area contributed by atoms with Crippen LogP contribution in [-0.4, -0.2) is 26.1 Å². The summed E-state index contributed by atoms with van der Waals surface area (Å²) in [5.41, 5.74) is 0.830. The highest BCUT2D eigenvalue weighted by atomic mass is 19.1. The molecule has 0 unspecified atom stereocenters. The molecular formula is C10H10FN5O. The number of amides is 1. The number of rotatable bonds is 4. The first-order valence-corrected chi connectivity index (χ1v) is 4.96. The van der Waals surface area contributed by atoms with Crippen LogP contribution >= 0.6 is 0 Å². The fourth-order valence-corrected chi connectivity index (χ4v) is 1.26. The lowest BCUT2D eigenvalue weighted by molar-refractivity contribution is -0.122. The minimum absolute atomic E-state index is 0.0637. The summed E-state index contributed by atoms with van der Waals surface area (Å²) >= 11 is 0. The van der Waals surface area contributed by atoms with Gasteiger partial charge in [-0.3, -0.25) is 4.79 Å². The molecule has 17 heavy (non-hydrogen) atoms.